The lowest BCUT2D eigenvalue weighted by Gasteiger charge is -2.32. The Morgan fingerprint density at radius 2 is 1.50 bits per heavy atom. The minimum Gasteiger partial charge on any atom is -0.493 e. The van der Waals surface area contributed by atoms with Crippen LogP contribution in [0.5, 0.6) is 5.75 Å². The number of rotatable bonds is 16. The molecule has 4 rings (SSSR count). The van der Waals surface area contributed by atoms with Crippen molar-refractivity contribution in [2.24, 2.45) is 5.73 Å². The number of nitrogens with two attached hydrogens (primary N) is 1. The molecular weight excluding hydrogens is 653 g/mol. The summed E-state index contributed by atoms with van der Waals surface area (Å²) < 4.78 is 5.86. The van der Waals surface area contributed by atoms with E-state index in [4.69, 9.17) is 15.3 Å². The first-order valence-electron chi connectivity index (χ1n) is 16.2. The summed E-state index contributed by atoms with van der Waals surface area (Å²) in [6.45, 7) is 4.87. The van der Waals surface area contributed by atoms with Gasteiger partial charge in [-0.1, -0.05) is 48.9 Å². The number of piperazine rings is 1. The molecule has 262 valence electrons. The third-order valence-corrected chi connectivity index (χ3v) is 8.04. The van der Waals surface area contributed by atoms with E-state index < -0.39 is 0 Å². The molecule has 1 heterocycles. The maximum Gasteiger partial charge on any atom is 0.277 e. The third-order valence-electron chi connectivity index (χ3n) is 8.04. The zero-order valence-corrected chi connectivity index (χ0v) is 29.5. The second kappa shape index (κ2) is 21.3. The predicted octanol–water partition coefficient (Wildman–Crippen LogP) is 5.91. The van der Waals surface area contributed by atoms with Gasteiger partial charge in [-0.3, -0.25) is 19.2 Å². The molecule has 1 aliphatic rings. The largest absolute Gasteiger partial charge is 0.493 e. The first kappa shape index (κ1) is 40.5. The molecule has 48 heavy (non-hydrogen) atoms. The average Bonchev–Trinajstić information content (AvgIpc) is 3.08. The number of ether oxygens (including phenoxy) is 1. The van der Waals surface area contributed by atoms with Crippen LogP contribution < -0.4 is 15.8 Å². The molecule has 1 saturated heterocycles. The molecule has 0 saturated carbocycles. The number of likely N-dealkylation sites (N-methyl/N-ethyl adjacent to an activating group) is 1. The van der Waals surface area contributed by atoms with Crippen LogP contribution in [0, 0.1) is 0 Å². The summed E-state index contributed by atoms with van der Waals surface area (Å²) in [5.41, 5.74) is 8.51. The zero-order chi connectivity index (χ0) is 32.7. The first-order valence-corrected chi connectivity index (χ1v) is 16.2. The third kappa shape index (κ3) is 12.1. The van der Waals surface area contributed by atoms with Crippen molar-refractivity contribution in [3.63, 3.8) is 0 Å². The molecule has 0 aromatic heterocycles. The van der Waals surface area contributed by atoms with Crippen LogP contribution in [0.25, 0.3) is 11.1 Å². The minimum absolute atomic E-state index is 0. The van der Waals surface area contributed by atoms with E-state index in [0.29, 0.717) is 54.3 Å². The molecule has 1 aliphatic heterocycles. The fourth-order valence-corrected chi connectivity index (χ4v) is 5.27. The van der Waals surface area contributed by atoms with Gasteiger partial charge in [0.25, 0.3) is 11.8 Å². The fraction of sp³-hybridized carbons (Fsp3) is 0.417. The zero-order valence-electron chi connectivity index (χ0n) is 27.9. The summed E-state index contributed by atoms with van der Waals surface area (Å²) in [7, 11) is 3.68. The van der Waals surface area contributed by atoms with E-state index >= 15 is 0 Å². The highest BCUT2D eigenvalue weighted by Gasteiger charge is 2.21. The lowest BCUT2D eigenvalue weighted by Crippen LogP contribution is -2.47. The number of unbranched alkanes of at least 4 members (excludes halogenated alkanes) is 3. The number of nitrogens with one attached hydrogen (secondary N) is 1. The van der Waals surface area contributed by atoms with Gasteiger partial charge in [-0.15, -0.1) is 24.8 Å². The number of anilines is 1. The van der Waals surface area contributed by atoms with Gasteiger partial charge in [0.05, 0.1) is 18.8 Å². The predicted molar refractivity (Wildman–Crippen MR) is 195 cm³/mol. The maximum atomic E-state index is 13.5. The first-order chi connectivity index (χ1) is 22.4. The Hall–Kier alpha value is -3.67. The van der Waals surface area contributed by atoms with Gasteiger partial charge in [0, 0.05) is 50.9 Å². The van der Waals surface area contributed by atoms with E-state index in [9.17, 15) is 14.4 Å². The second-order valence-corrected chi connectivity index (χ2v) is 11.6. The number of carbonyl (C=O) groups is 3. The van der Waals surface area contributed by atoms with Gasteiger partial charge in [0.15, 0.2) is 0 Å². The molecule has 10 nitrogen and oxygen atoms in total. The van der Waals surface area contributed by atoms with E-state index in [1.807, 2.05) is 41.3 Å². The second-order valence-electron chi connectivity index (χ2n) is 11.6. The van der Waals surface area contributed by atoms with Crippen molar-refractivity contribution in [3.05, 3.63) is 83.9 Å². The van der Waals surface area contributed by atoms with Crippen LogP contribution in [0.4, 0.5) is 5.69 Å². The van der Waals surface area contributed by atoms with Crippen molar-refractivity contribution in [2.75, 3.05) is 65.3 Å². The van der Waals surface area contributed by atoms with E-state index in [1.165, 1.54) is 5.06 Å². The summed E-state index contributed by atoms with van der Waals surface area (Å²) >= 11 is 0. The van der Waals surface area contributed by atoms with Crippen LogP contribution in [-0.4, -0.2) is 92.6 Å². The molecule has 0 spiro atoms. The minimum atomic E-state index is -0.307. The Bertz CT molecular complexity index is 1440. The molecule has 0 aliphatic carbocycles. The average molecular weight is 703 g/mol. The van der Waals surface area contributed by atoms with Crippen molar-refractivity contribution in [1.29, 1.82) is 0 Å². The van der Waals surface area contributed by atoms with Crippen molar-refractivity contribution >= 4 is 48.2 Å². The van der Waals surface area contributed by atoms with Gasteiger partial charge in [-0.25, -0.2) is 5.06 Å². The molecule has 0 atom stereocenters. The Kier molecular flexibility index (Phi) is 18.0. The van der Waals surface area contributed by atoms with Crippen LogP contribution in [0.1, 0.15) is 59.2 Å². The van der Waals surface area contributed by atoms with Crippen LogP contribution in [0.15, 0.2) is 72.8 Å². The van der Waals surface area contributed by atoms with Gasteiger partial charge in [-0.2, -0.15) is 0 Å². The van der Waals surface area contributed by atoms with E-state index in [-0.39, 0.29) is 42.5 Å². The molecule has 0 radical (unpaired) electrons. The number of carbonyl (C=O) groups excluding carboxylic acids is 3. The number of para-hydroxylation sites is 1. The summed E-state index contributed by atoms with van der Waals surface area (Å²) in [4.78, 5) is 49.3. The van der Waals surface area contributed by atoms with Gasteiger partial charge in [0.2, 0.25) is 5.91 Å². The monoisotopic (exact) mass is 701 g/mol. The Labute approximate surface area is 296 Å². The van der Waals surface area contributed by atoms with Crippen molar-refractivity contribution in [3.8, 4) is 16.9 Å². The number of amides is 3. The summed E-state index contributed by atoms with van der Waals surface area (Å²) in [5, 5.41) is 4.22. The normalized spacial score (nSPS) is 12.8. The lowest BCUT2D eigenvalue weighted by atomic mass is 9.98. The molecule has 12 heteroatoms. The highest BCUT2D eigenvalue weighted by Crippen LogP contribution is 2.29. The van der Waals surface area contributed by atoms with E-state index in [2.05, 4.69) is 17.3 Å². The molecular formula is C36H49Cl2N5O5. The van der Waals surface area contributed by atoms with Crippen molar-refractivity contribution in [1.82, 2.24) is 14.9 Å². The quantitative estimate of drug-likeness (QED) is 0.141. The topological polar surface area (TPSA) is 117 Å². The Morgan fingerprint density at radius 3 is 2.23 bits per heavy atom. The highest BCUT2D eigenvalue weighted by molar-refractivity contribution is 6.07. The number of hydrogen-bond donors (Lipinski definition) is 2. The van der Waals surface area contributed by atoms with Gasteiger partial charge < -0.3 is 25.6 Å². The standard InChI is InChI=1S/C36H47N5O5.2ClH/c1-39-21-23-41(24-22-39)34(42)17-7-4-11-26-46-40(2)36(44)30-19-18-29(27-32(30)28-13-5-3-6-14-28)38-35(43)31-15-8-9-16-33(31)45-25-12-10-20-37;;/h3,5-6,8-9,13-16,18-19,27H,4,7,10-12,17,20-26,37H2,1-2H3,(H,38,43);2*1H. The molecule has 3 aromatic rings. The van der Waals surface area contributed by atoms with Crippen LogP contribution in [0.3, 0.4) is 0 Å². The smallest absolute Gasteiger partial charge is 0.277 e. The van der Waals surface area contributed by atoms with Crippen LogP contribution in [0.2, 0.25) is 0 Å². The number of nitrogens with zero attached hydrogens (tertiary/aromatic N) is 3. The summed E-state index contributed by atoms with van der Waals surface area (Å²) in [5.74, 6) is 0.120. The Balaban J connectivity index is 0.00000400. The number of benzene rings is 3. The molecule has 3 aromatic carbocycles. The van der Waals surface area contributed by atoms with Crippen LogP contribution in [-0.2, 0) is 9.63 Å². The highest BCUT2D eigenvalue weighted by atomic mass is 35.5. The van der Waals surface area contributed by atoms with Gasteiger partial charge in [0.1, 0.15) is 5.75 Å². The SMILES string of the molecule is CN1CCN(C(=O)CCCCCON(C)C(=O)c2ccc(NC(=O)c3ccccc3OCCCCN)cc2-c2ccccc2)CC1.Cl.Cl. The number of hydroxylamine groups is 2. The number of halogens is 2. The lowest BCUT2D eigenvalue weighted by molar-refractivity contribution is -0.133. The van der Waals surface area contributed by atoms with Crippen molar-refractivity contribution < 1.29 is 24.0 Å². The molecule has 0 bridgehead atoms. The molecule has 3 amide bonds. The fourth-order valence-electron chi connectivity index (χ4n) is 5.27. The maximum absolute atomic E-state index is 13.5. The Morgan fingerprint density at radius 1 is 0.812 bits per heavy atom. The number of hydrogen-bond acceptors (Lipinski definition) is 7. The van der Waals surface area contributed by atoms with Crippen molar-refractivity contribution in [2.45, 2.75) is 38.5 Å². The summed E-state index contributed by atoms with van der Waals surface area (Å²) in [6, 6.07) is 21.9. The summed E-state index contributed by atoms with van der Waals surface area (Å²) in [6.07, 6.45) is 4.56. The van der Waals surface area contributed by atoms with Gasteiger partial charge >= 0.3 is 0 Å². The molecule has 0 unspecified atom stereocenters. The molecule has 3 N–H and O–H groups in total. The van der Waals surface area contributed by atoms with Gasteiger partial charge in [-0.05, 0) is 80.7 Å². The van der Waals surface area contributed by atoms with Crippen LogP contribution >= 0.6 is 24.8 Å². The van der Waals surface area contributed by atoms with E-state index in [0.717, 1.165) is 63.8 Å². The van der Waals surface area contributed by atoms with E-state index in [1.54, 1.807) is 43.4 Å². The molecule has 1 fully saturated rings.